The number of rotatable bonds is 6. The molecule has 1 amide bonds. The molecule has 0 bridgehead atoms. The van der Waals surface area contributed by atoms with Gasteiger partial charge in [-0.1, -0.05) is 0 Å². The standard InChI is InChI=1S/C17H11F7N4O2/c18-11-1-9(2-13(4-11)30-17(22,23)24)14(5-15(25)27-8-29)28-12-3-10(6-26-7-12)16(19,20)21/h1-8,28H,(H2,25,27,29)/b14-5-. The molecule has 0 fully saturated rings. The first-order chi connectivity index (χ1) is 13.9. The van der Waals surface area contributed by atoms with Crippen molar-refractivity contribution in [1.29, 1.82) is 0 Å². The molecule has 0 spiro atoms. The van der Waals surface area contributed by atoms with Crippen LogP contribution < -0.4 is 15.8 Å². The summed E-state index contributed by atoms with van der Waals surface area (Å²) in [7, 11) is 0. The number of hydrogen-bond acceptors (Lipinski definition) is 4. The molecule has 3 N–H and O–H groups in total. The first kappa shape index (κ1) is 22.6. The Balaban J connectivity index is 2.53. The first-order valence-corrected chi connectivity index (χ1v) is 7.72. The molecule has 0 saturated carbocycles. The van der Waals surface area contributed by atoms with Gasteiger partial charge in [-0.3, -0.25) is 9.78 Å². The molecule has 2 rings (SSSR count). The Bertz CT molecular complexity index is 985. The number of halogens is 7. The lowest BCUT2D eigenvalue weighted by Crippen LogP contribution is -2.17. The summed E-state index contributed by atoms with van der Waals surface area (Å²) in [4.78, 5) is 17.1. The molecule has 0 unspecified atom stereocenters. The van der Waals surface area contributed by atoms with Crippen molar-refractivity contribution in [3.63, 3.8) is 0 Å². The molecule has 0 aliphatic heterocycles. The zero-order chi connectivity index (χ0) is 22.5. The number of carbonyl (C=O) groups is 1. The van der Waals surface area contributed by atoms with Crippen LogP contribution in [0.5, 0.6) is 5.75 Å². The number of amidine groups is 1. The predicted molar refractivity (Wildman–Crippen MR) is 91.6 cm³/mol. The minimum absolute atomic E-state index is 0.0546. The van der Waals surface area contributed by atoms with E-state index in [1.165, 1.54) is 0 Å². The fourth-order valence-electron chi connectivity index (χ4n) is 2.17. The SMILES string of the molecule is NC(/C=C(\Nc1cncc(C(F)(F)F)c1)c1cc(F)cc(OC(F)(F)F)c1)=NC=O. The van der Waals surface area contributed by atoms with Gasteiger partial charge in [-0.25, -0.2) is 4.39 Å². The van der Waals surface area contributed by atoms with Crippen LogP contribution in [-0.4, -0.2) is 23.6 Å². The Labute approximate surface area is 163 Å². The maximum atomic E-state index is 13.8. The second-order valence-corrected chi connectivity index (χ2v) is 5.53. The van der Waals surface area contributed by atoms with Crippen molar-refractivity contribution in [3.8, 4) is 5.75 Å². The number of hydrogen-bond donors (Lipinski definition) is 2. The molecule has 1 aromatic heterocycles. The Morgan fingerprint density at radius 1 is 1.10 bits per heavy atom. The van der Waals surface area contributed by atoms with Gasteiger partial charge in [0.05, 0.1) is 17.4 Å². The maximum absolute atomic E-state index is 13.8. The normalized spacial score (nSPS) is 13.2. The molecule has 0 atom stereocenters. The molecule has 13 heteroatoms. The van der Waals surface area contributed by atoms with Gasteiger partial charge in [-0.2, -0.15) is 18.2 Å². The summed E-state index contributed by atoms with van der Waals surface area (Å²) in [5, 5.41) is 2.43. The van der Waals surface area contributed by atoms with Crippen LogP contribution in [0.15, 0.2) is 47.7 Å². The molecule has 2 aromatic rings. The van der Waals surface area contributed by atoms with Gasteiger partial charge in [0.2, 0.25) is 6.41 Å². The number of anilines is 1. The lowest BCUT2D eigenvalue weighted by atomic mass is 10.1. The topological polar surface area (TPSA) is 89.6 Å². The number of alkyl halides is 6. The summed E-state index contributed by atoms with van der Waals surface area (Å²) in [6.45, 7) is 0. The zero-order valence-corrected chi connectivity index (χ0v) is 14.6. The number of amides is 1. The van der Waals surface area contributed by atoms with Crippen molar-refractivity contribution in [3.05, 3.63) is 59.7 Å². The van der Waals surface area contributed by atoms with Gasteiger partial charge in [0.25, 0.3) is 0 Å². The second kappa shape index (κ2) is 8.80. The molecule has 160 valence electrons. The number of carbonyl (C=O) groups excluding carboxylic acids is 1. The molecule has 0 saturated heterocycles. The highest BCUT2D eigenvalue weighted by Gasteiger charge is 2.32. The van der Waals surface area contributed by atoms with Crippen molar-refractivity contribution in [2.24, 2.45) is 10.7 Å². The van der Waals surface area contributed by atoms with E-state index in [-0.39, 0.29) is 23.4 Å². The molecule has 1 heterocycles. The Morgan fingerprint density at radius 3 is 2.40 bits per heavy atom. The van der Waals surface area contributed by atoms with Gasteiger partial charge in [0, 0.05) is 29.6 Å². The van der Waals surface area contributed by atoms with Gasteiger partial charge in [0.1, 0.15) is 17.4 Å². The van der Waals surface area contributed by atoms with Crippen LogP contribution in [0.3, 0.4) is 0 Å². The number of benzene rings is 1. The quantitative estimate of drug-likeness (QED) is 0.308. The van der Waals surface area contributed by atoms with Crippen LogP contribution in [0.2, 0.25) is 0 Å². The minimum Gasteiger partial charge on any atom is -0.406 e. The maximum Gasteiger partial charge on any atom is 0.573 e. The molecular weight excluding hydrogens is 425 g/mol. The summed E-state index contributed by atoms with van der Waals surface area (Å²) >= 11 is 0. The Hall–Kier alpha value is -3.64. The van der Waals surface area contributed by atoms with Crippen LogP contribution in [0.4, 0.5) is 36.4 Å². The molecule has 6 nitrogen and oxygen atoms in total. The van der Waals surface area contributed by atoms with Crippen LogP contribution in [0.1, 0.15) is 11.1 Å². The van der Waals surface area contributed by atoms with Gasteiger partial charge < -0.3 is 15.8 Å². The van der Waals surface area contributed by atoms with Crippen molar-refractivity contribution in [1.82, 2.24) is 4.98 Å². The fraction of sp³-hybridized carbons (Fsp3) is 0.118. The second-order valence-electron chi connectivity index (χ2n) is 5.53. The largest absolute Gasteiger partial charge is 0.573 e. The van der Waals surface area contributed by atoms with Gasteiger partial charge >= 0.3 is 12.5 Å². The van der Waals surface area contributed by atoms with Crippen molar-refractivity contribution < 1.29 is 40.3 Å². The van der Waals surface area contributed by atoms with Gasteiger partial charge in [0.15, 0.2) is 0 Å². The van der Waals surface area contributed by atoms with Crippen molar-refractivity contribution >= 4 is 23.6 Å². The highest BCUT2D eigenvalue weighted by molar-refractivity contribution is 6.02. The number of aliphatic imine (C=N–C) groups is 1. The van der Waals surface area contributed by atoms with Crippen molar-refractivity contribution in [2.45, 2.75) is 12.5 Å². The minimum atomic E-state index is -5.12. The van der Waals surface area contributed by atoms with E-state index in [0.717, 1.165) is 24.4 Å². The van der Waals surface area contributed by atoms with E-state index in [4.69, 9.17) is 5.73 Å². The van der Waals surface area contributed by atoms with Crippen LogP contribution in [0.25, 0.3) is 5.70 Å². The summed E-state index contributed by atoms with van der Waals surface area (Å²) in [5.74, 6) is -2.54. The first-order valence-electron chi connectivity index (χ1n) is 7.72. The molecule has 1 aromatic carbocycles. The van der Waals surface area contributed by atoms with E-state index in [1.54, 1.807) is 0 Å². The summed E-state index contributed by atoms with van der Waals surface area (Å²) in [6, 6.07) is 2.62. The molecule has 0 aliphatic carbocycles. The third-order valence-corrected chi connectivity index (χ3v) is 3.25. The predicted octanol–water partition coefficient (Wildman–Crippen LogP) is 4.10. The average Bonchev–Trinajstić information content (AvgIpc) is 2.59. The summed E-state index contributed by atoms with van der Waals surface area (Å²) in [6.07, 6.45) is -7.36. The number of nitrogens with zero attached hydrogens (tertiary/aromatic N) is 2. The highest BCUT2D eigenvalue weighted by Crippen LogP contribution is 2.32. The van der Waals surface area contributed by atoms with E-state index >= 15 is 0 Å². The number of pyridine rings is 1. The smallest absolute Gasteiger partial charge is 0.406 e. The zero-order valence-electron chi connectivity index (χ0n) is 14.6. The molecule has 0 radical (unpaired) electrons. The fourth-order valence-corrected chi connectivity index (χ4v) is 2.17. The number of aromatic nitrogens is 1. The van der Waals surface area contributed by atoms with E-state index in [1.807, 2.05) is 0 Å². The lowest BCUT2D eigenvalue weighted by Gasteiger charge is -2.15. The number of ether oxygens (including phenoxy) is 1. The third kappa shape index (κ3) is 6.76. The van der Waals surface area contributed by atoms with E-state index < -0.39 is 35.5 Å². The monoisotopic (exact) mass is 436 g/mol. The summed E-state index contributed by atoms with van der Waals surface area (Å²) in [5.41, 5.74) is 3.50. The van der Waals surface area contributed by atoms with E-state index in [2.05, 4.69) is 20.0 Å². The van der Waals surface area contributed by atoms with Gasteiger partial charge in [-0.05, 0) is 18.2 Å². The number of nitrogens with one attached hydrogen (secondary N) is 1. The molecule has 0 aliphatic rings. The molecular formula is C17H11F7N4O2. The van der Waals surface area contributed by atoms with Crippen LogP contribution in [0, 0.1) is 5.82 Å². The summed E-state index contributed by atoms with van der Waals surface area (Å²) < 4.78 is 93.5. The van der Waals surface area contributed by atoms with Crippen LogP contribution >= 0.6 is 0 Å². The number of nitrogens with two attached hydrogens (primary N) is 1. The Kier molecular flexibility index (Phi) is 6.64. The van der Waals surface area contributed by atoms with Crippen LogP contribution in [-0.2, 0) is 11.0 Å². The van der Waals surface area contributed by atoms with Gasteiger partial charge in [-0.15, -0.1) is 13.2 Å². The highest BCUT2D eigenvalue weighted by atomic mass is 19.4. The molecule has 30 heavy (non-hydrogen) atoms. The average molecular weight is 436 g/mol. The van der Waals surface area contributed by atoms with E-state index in [0.29, 0.717) is 18.3 Å². The third-order valence-electron chi connectivity index (χ3n) is 3.25. The lowest BCUT2D eigenvalue weighted by molar-refractivity contribution is -0.274. The van der Waals surface area contributed by atoms with E-state index in [9.17, 15) is 35.5 Å². The Morgan fingerprint density at radius 2 is 1.80 bits per heavy atom. The van der Waals surface area contributed by atoms with Crippen molar-refractivity contribution in [2.75, 3.05) is 5.32 Å².